The highest BCUT2D eigenvalue weighted by molar-refractivity contribution is 6.06. The zero-order chi connectivity index (χ0) is 25.6. The Labute approximate surface area is 208 Å². The number of hydrogen-bond donors (Lipinski definition) is 1. The van der Waals surface area contributed by atoms with E-state index in [1.54, 1.807) is 16.7 Å². The summed E-state index contributed by atoms with van der Waals surface area (Å²) in [7, 11) is 1.81. The first-order chi connectivity index (χ1) is 17.3. The van der Waals surface area contributed by atoms with E-state index >= 15 is 0 Å². The van der Waals surface area contributed by atoms with Crippen molar-refractivity contribution in [2.24, 2.45) is 7.05 Å². The molecule has 36 heavy (non-hydrogen) atoms. The Morgan fingerprint density at radius 1 is 0.917 bits per heavy atom. The van der Waals surface area contributed by atoms with E-state index in [1.165, 1.54) is 14.7 Å². The van der Waals surface area contributed by atoms with Gasteiger partial charge in [-0.15, -0.1) is 0 Å². The quantitative estimate of drug-likeness (QED) is 0.403. The Hall–Kier alpha value is -4.39. The molecule has 5 aromatic rings. The third-order valence-electron chi connectivity index (χ3n) is 6.73. The van der Waals surface area contributed by atoms with E-state index in [4.69, 9.17) is 0 Å². The second-order valence-electron chi connectivity index (χ2n) is 9.17. The number of hydrogen-bond acceptors (Lipinski definition) is 3. The highest BCUT2D eigenvalue weighted by atomic mass is 16.2. The van der Waals surface area contributed by atoms with Crippen molar-refractivity contribution in [3.63, 3.8) is 0 Å². The number of fused-ring (bicyclic) bond motifs is 3. The molecule has 0 aliphatic heterocycles. The molecule has 0 bridgehead atoms. The van der Waals surface area contributed by atoms with Gasteiger partial charge < -0.3 is 9.88 Å². The number of para-hydroxylation sites is 1. The lowest BCUT2D eigenvalue weighted by Gasteiger charge is -2.15. The van der Waals surface area contributed by atoms with Crippen molar-refractivity contribution in [3.05, 3.63) is 104 Å². The van der Waals surface area contributed by atoms with E-state index in [0.717, 1.165) is 28.5 Å². The van der Waals surface area contributed by atoms with Gasteiger partial charge in [0.15, 0.2) is 0 Å². The molecule has 2 heterocycles. The summed E-state index contributed by atoms with van der Waals surface area (Å²) in [6.07, 6.45) is 0.905. The largest absolute Gasteiger partial charge is 0.338 e. The van der Waals surface area contributed by atoms with Crippen molar-refractivity contribution in [1.82, 2.24) is 13.7 Å². The predicted octanol–water partition coefficient (Wildman–Crippen LogP) is 4.46. The standard InChI is InChI=1S/C29H28N4O3/c1-5-20-11-13-21(14-12-20)30-25(34)17-32-26-22-16-18(2)10-15-24(22)31(4)27(26)28(35)33(29(32)36)23-9-7-6-8-19(23)3/h6-16H,5,17H2,1-4H3,(H,30,34). The smallest absolute Gasteiger partial charge is 0.336 e. The van der Waals surface area contributed by atoms with Gasteiger partial charge in [0.05, 0.1) is 16.7 Å². The number of nitrogens with one attached hydrogen (secondary N) is 1. The summed E-state index contributed by atoms with van der Waals surface area (Å²) in [5.74, 6) is -0.345. The number of nitrogens with zero attached hydrogens (tertiary/aromatic N) is 3. The second kappa shape index (κ2) is 9.00. The lowest BCUT2D eigenvalue weighted by Crippen LogP contribution is -2.41. The molecule has 3 aromatic carbocycles. The number of carbonyl (C=O) groups is 1. The summed E-state index contributed by atoms with van der Waals surface area (Å²) in [6.45, 7) is 5.65. The van der Waals surface area contributed by atoms with Gasteiger partial charge >= 0.3 is 5.69 Å². The van der Waals surface area contributed by atoms with Gasteiger partial charge in [-0.1, -0.05) is 48.9 Å². The first-order valence-corrected chi connectivity index (χ1v) is 12.0. The normalized spacial score (nSPS) is 11.3. The zero-order valence-electron chi connectivity index (χ0n) is 20.8. The highest BCUT2D eigenvalue weighted by Gasteiger charge is 2.23. The van der Waals surface area contributed by atoms with Crippen molar-refractivity contribution in [1.29, 1.82) is 0 Å². The van der Waals surface area contributed by atoms with E-state index in [-0.39, 0.29) is 12.5 Å². The average molecular weight is 481 g/mol. The number of amides is 1. The maximum Gasteiger partial charge on any atom is 0.336 e. The maximum atomic E-state index is 13.9. The van der Waals surface area contributed by atoms with E-state index in [9.17, 15) is 14.4 Å². The Balaban J connectivity index is 1.75. The molecule has 0 fully saturated rings. The first-order valence-electron chi connectivity index (χ1n) is 12.0. The van der Waals surface area contributed by atoms with Crippen LogP contribution in [-0.4, -0.2) is 19.6 Å². The van der Waals surface area contributed by atoms with Crippen molar-refractivity contribution >= 4 is 33.5 Å². The number of aryl methyl sites for hydroxylation is 4. The molecule has 182 valence electrons. The number of rotatable bonds is 5. The lowest BCUT2D eigenvalue weighted by molar-refractivity contribution is -0.116. The van der Waals surface area contributed by atoms with Crippen molar-refractivity contribution < 1.29 is 4.79 Å². The van der Waals surface area contributed by atoms with Crippen LogP contribution < -0.4 is 16.6 Å². The Bertz CT molecular complexity index is 1750. The van der Waals surface area contributed by atoms with Crippen LogP contribution in [0.15, 0.2) is 76.3 Å². The monoisotopic (exact) mass is 480 g/mol. The number of anilines is 1. The summed E-state index contributed by atoms with van der Waals surface area (Å²) in [5, 5.41) is 3.65. The van der Waals surface area contributed by atoms with Gasteiger partial charge in [0.1, 0.15) is 12.1 Å². The van der Waals surface area contributed by atoms with Gasteiger partial charge in [0.2, 0.25) is 5.91 Å². The average Bonchev–Trinajstić information content (AvgIpc) is 3.15. The van der Waals surface area contributed by atoms with Crippen LogP contribution in [0, 0.1) is 13.8 Å². The summed E-state index contributed by atoms with van der Waals surface area (Å²) < 4.78 is 4.39. The molecule has 0 aliphatic carbocycles. The van der Waals surface area contributed by atoms with E-state index < -0.39 is 11.2 Å². The minimum Gasteiger partial charge on any atom is -0.338 e. The molecule has 2 aromatic heterocycles. The molecule has 0 radical (unpaired) electrons. The number of benzene rings is 3. The van der Waals surface area contributed by atoms with Crippen LogP contribution >= 0.6 is 0 Å². The van der Waals surface area contributed by atoms with Crippen LogP contribution in [0.2, 0.25) is 0 Å². The zero-order valence-corrected chi connectivity index (χ0v) is 20.8. The molecule has 7 nitrogen and oxygen atoms in total. The summed E-state index contributed by atoms with van der Waals surface area (Å²) in [5.41, 5.74) is 4.81. The topological polar surface area (TPSA) is 78.0 Å². The minimum atomic E-state index is -0.549. The molecular weight excluding hydrogens is 452 g/mol. The van der Waals surface area contributed by atoms with Crippen LogP contribution in [-0.2, 0) is 24.8 Å². The summed E-state index contributed by atoms with van der Waals surface area (Å²) in [4.78, 5) is 40.9. The number of carbonyl (C=O) groups excluding carboxylic acids is 1. The fraction of sp³-hybridized carbons (Fsp3) is 0.207. The van der Waals surface area contributed by atoms with Crippen molar-refractivity contribution in [2.75, 3.05) is 5.32 Å². The second-order valence-corrected chi connectivity index (χ2v) is 9.17. The molecule has 0 aliphatic rings. The van der Waals surface area contributed by atoms with Gasteiger partial charge in [-0.05, 0) is 61.7 Å². The maximum absolute atomic E-state index is 13.9. The SMILES string of the molecule is CCc1ccc(NC(=O)Cn2c(=O)n(-c3ccccc3C)c(=O)c3c2c2cc(C)ccc2n3C)cc1. The molecule has 0 saturated carbocycles. The van der Waals surface area contributed by atoms with Crippen LogP contribution in [0.4, 0.5) is 5.69 Å². The van der Waals surface area contributed by atoms with Gasteiger partial charge in [-0.3, -0.25) is 14.2 Å². The van der Waals surface area contributed by atoms with Gasteiger partial charge in [0.25, 0.3) is 5.56 Å². The molecule has 1 amide bonds. The summed E-state index contributed by atoms with van der Waals surface area (Å²) in [6, 6.07) is 20.7. The van der Waals surface area contributed by atoms with E-state index in [0.29, 0.717) is 22.4 Å². The van der Waals surface area contributed by atoms with Crippen LogP contribution in [0.3, 0.4) is 0 Å². The van der Waals surface area contributed by atoms with Gasteiger partial charge in [-0.2, -0.15) is 0 Å². The molecule has 5 rings (SSSR count). The molecule has 0 saturated heterocycles. The molecule has 0 unspecified atom stereocenters. The van der Waals surface area contributed by atoms with E-state index in [1.807, 2.05) is 75.5 Å². The fourth-order valence-corrected chi connectivity index (χ4v) is 4.81. The van der Waals surface area contributed by atoms with Crippen LogP contribution in [0.1, 0.15) is 23.6 Å². The Morgan fingerprint density at radius 2 is 1.64 bits per heavy atom. The summed E-state index contributed by atoms with van der Waals surface area (Å²) >= 11 is 0. The molecule has 0 atom stereocenters. The lowest BCUT2D eigenvalue weighted by atomic mass is 10.1. The minimum absolute atomic E-state index is 0.232. The van der Waals surface area contributed by atoms with Crippen molar-refractivity contribution in [3.8, 4) is 5.69 Å². The third kappa shape index (κ3) is 3.82. The molecule has 0 spiro atoms. The first kappa shape index (κ1) is 23.4. The Kier molecular flexibility index (Phi) is 5.84. The highest BCUT2D eigenvalue weighted by Crippen LogP contribution is 2.27. The molecule has 1 N–H and O–H groups in total. The Morgan fingerprint density at radius 3 is 2.33 bits per heavy atom. The van der Waals surface area contributed by atoms with Gasteiger partial charge in [0, 0.05) is 18.1 Å². The third-order valence-corrected chi connectivity index (χ3v) is 6.73. The fourth-order valence-electron chi connectivity index (χ4n) is 4.81. The molecular formula is C29H28N4O3. The number of aromatic nitrogens is 3. The molecule has 7 heteroatoms. The van der Waals surface area contributed by atoms with Crippen molar-refractivity contribution in [2.45, 2.75) is 33.7 Å². The van der Waals surface area contributed by atoms with Crippen LogP contribution in [0.25, 0.3) is 27.6 Å². The van der Waals surface area contributed by atoms with Gasteiger partial charge in [-0.25, -0.2) is 9.36 Å². The van der Waals surface area contributed by atoms with E-state index in [2.05, 4.69) is 12.2 Å². The predicted molar refractivity (Wildman–Crippen MR) is 144 cm³/mol. The van der Waals surface area contributed by atoms with Crippen LogP contribution in [0.5, 0.6) is 0 Å².